The molecule has 0 fully saturated rings. The van der Waals surface area contributed by atoms with E-state index < -0.39 is 0 Å². The summed E-state index contributed by atoms with van der Waals surface area (Å²) in [6.07, 6.45) is 8.17. The molecule has 1 aromatic carbocycles. The van der Waals surface area contributed by atoms with Gasteiger partial charge in [0, 0.05) is 11.6 Å². The lowest BCUT2D eigenvalue weighted by Crippen LogP contribution is -2.23. The van der Waals surface area contributed by atoms with Crippen LogP contribution in [0.1, 0.15) is 30.4 Å². The average molecular weight is 261 g/mol. The molecular formula is C15H17ClN2. The maximum atomic E-state index is 8.77. The van der Waals surface area contributed by atoms with Crippen molar-refractivity contribution < 1.29 is 0 Å². The highest BCUT2D eigenvalue weighted by molar-refractivity contribution is 6.31. The van der Waals surface area contributed by atoms with Crippen LogP contribution in [0, 0.1) is 17.2 Å². The monoisotopic (exact) mass is 260 g/mol. The summed E-state index contributed by atoms with van der Waals surface area (Å²) in [6, 6.07) is 7.55. The number of nitriles is 1. The van der Waals surface area contributed by atoms with E-state index in [1.165, 1.54) is 19.3 Å². The standard InChI is InChI=1S/C15H17ClN2/c16-15-8-13(9-17)6-7-14(15)11-18-10-12-4-2-1-3-5-12/h1-2,6-8,12,18H,3-5,10-11H2. The van der Waals surface area contributed by atoms with Gasteiger partial charge in [-0.1, -0.05) is 29.8 Å². The largest absolute Gasteiger partial charge is 0.312 e. The van der Waals surface area contributed by atoms with Crippen molar-refractivity contribution in [2.24, 2.45) is 5.92 Å². The number of halogens is 1. The molecule has 0 heterocycles. The predicted octanol–water partition coefficient (Wildman–Crippen LogP) is 3.66. The minimum atomic E-state index is 0.612. The van der Waals surface area contributed by atoms with Crippen LogP contribution < -0.4 is 5.32 Å². The molecule has 0 aliphatic heterocycles. The maximum Gasteiger partial charge on any atom is 0.0992 e. The van der Waals surface area contributed by atoms with Gasteiger partial charge in [-0.05, 0) is 49.4 Å². The average Bonchev–Trinajstić information content (AvgIpc) is 2.42. The molecule has 0 saturated carbocycles. The Bertz CT molecular complexity index is 474. The van der Waals surface area contributed by atoms with Crippen molar-refractivity contribution in [3.05, 3.63) is 46.5 Å². The molecule has 1 N–H and O–H groups in total. The van der Waals surface area contributed by atoms with Gasteiger partial charge in [-0.3, -0.25) is 0 Å². The van der Waals surface area contributed by atoms with Crippen LogP contribution in [0.2, 0.25) is 5.02 Å². The van der Waals surface area contributed by atoms with Crippen LogP contribution in [0.25, 0.3) is 0 Å². The quantitative estimate of drug-likeness (QED) is 0.839. The van der Waals surface area contributed by atoms with Crippen LogP contribution in [-0.4, -0.2) is 6.54 Å². The first kappa shape index (κ1) is 13.1. The van der Waals surface area contributed by atoms with Gasteiger partial charge >= 0.3 is 0 Å². The Morgan fingerprint density at radius 3 is 2.94 bits per heavy atom. The molecule has 0 spiro atoms. The molecule has 0 radical (unpaired) electrons. The lowest BCUT2D eigenvalue weighted by atomic mass is 9.94. The molecular weight excluding hydrogens is 244 g/mol. The van der Waals surface area contributed by atoms with Gasteiger partial charge in [0.1, 0.15) is 0 Å². The first-order valence-corrected chi connectivity index (χ1v) is 6.71. The van der Waals surface area contributed by atoms with E-state index in [1.54, 1.807) is 6.07 Å². The smallest absolute Gasteiger partial charge is 0.0992 e. The van der Waals surface area contributed by atoms with Crippen LogP contribution in [-0.2, 0) is 6.54 Å². The maximum absolute atomic E-state index is 8.77. The Hall–Kier alpha value is -1.30. The van der Waals surface area contributed by atoms with E-state index in [1.807, 2.05) is 12.1 Å². The van der Waals surface area contributed by atoms with E-state index in [0.29, 0.717) is 10.6 Å². The van der Waals surface area contributed by atoms with E-state index >= 15 is 0 Å². The molecule has 1 aromatic rings. The first-order chi connectivity index (χ1) is 8.79. The summed E-state index contributed by atoms with van der Waals surface area (Å²) in [4.78, 5) is 0. The van der Waals surface area contributed by atoms with Gasteiger partial charge in [0.05, 0.1) is 11.6 Å². The van der Waals surface area contributed by atoms with Gasteiger partial charge in [0.15, 0.2) is 0 Å². The Morgan fingerprint density at radius 2 is 2.28 bits per heavy atom. The zero-order chi connectivity index (χ0) is 12.8. The molecule has 3 heteroatoms. The van der Waals surface area contributed by atoms with Crippen molar-refractivity contribution in [2.45, 2.75) is 25.8 Å². The summed E-state index contributed by atoms with van der Waals surface area (Å²) in [7, 11) is 0. The van der Waals surface area contributed by atoms with Crippen molar-refractivity contribution in [3.63, 3.8) is 0 Å². The molecule has 0 amide bonds. The molecule has 94 valence electrons. The number of nitrogens with zero attached hydrogens (tertiary/aromatic N) is 1. The van der Waals surface area contributed by atoms with Crippen LogP contribution >= 0.6 is 11.6 Å². The minimum absolute atomic E-state index is 0.612. The summed E-state index contributed by atoms with van der Waals surface area (Å²) < 4.78 is 0. The van der Waals surface area contributed by atoms with Crippen molar-refractivity contribution in [2.75, 3.05) is 6.54 Å². The van der Waals surface area contributed by atoms with Gasteiger partial charge in [-0.15, -0.1) is 0 Å². The topological polar surface area (TPSA) is 35.8 Å². The molecule has 2 rings (SSSR count). The number of hydrogen-bond acceptors (Lipinski definition) is 2. The first-order valence-electron chi connectivity index (χ1n) is 6.34. The molecule has 0 aromatic heterocycles. The lowest BCUT2D eigenvalue weighted by molar-refractivity contribution is 0.440. The summed E-state index contributed by atoms with van der Waals surface area (Å²) in [6.45, 7) is 1.80. The molecule has 18 heavy (non-hydrogen) atoms. The van der Waals surface area contributed by atoms with Crippen molar-refractivity contribution >= 4 is 11.6 Å². The molecule has 2 nitrogen and oxygen atoms in total. The van der Waals surface area contributed by atoms with Gasteiger partial charge < -0.3 is 5.32 Å². The van der Waals surface area contributed by atoms with E-state index in [4.69, 9.17) is 16.9 Å². The summed E-state index contributed by atoms with van der Waals surface area (Å²) in [5, 5.41) is 12.9. The molecule has 1 aliphatic rings. The SMILES string of the molecule is N#Cc1ccc(CNCC2CC=CCC2)c(Cl)c1. The second-order valence-electron chi connectivity index (χ2n) is 4.70. The van der Waals surface area contributed by atoms with Gasteiger partial charge in [-0.25, -0.2) is 0 Å². The molecule has 1 aliphatic carbocycles. The molecule has 1 atom stereocenters. The van der Waals surface area contributed by atoms with E-state index in [0.717, 1.165) is 24.6 Å². The van der Waals surface area contributed by atoms with Gasteiger partial charge in [0.2, 0.25) is 0 Å². The zero-order valence-corrected chi connectivity index (χ0v) is 11.1. The summed E-state index contributed by atoms with van der Waals surface area (Å²) in [5.41, 5.74) is 1.67. The van der Waals surface area contributed by atoms with E-state index in [2.05, 4.69) is 23.5 Å². The fourth-order valence-electron chi connectivity index (χ4n) is 2.21. The zero-order valence-electron chi connectivity index (χ0n) is 10.3. The number of rotatable bonds is 4. The lowest BCUT2D eigenvalue weighted by Gasteiger charge is -2.18. The number of hydrogen-bond donors (Lipinski definition) is 1. The summed E-state index contributed by atoms with van der Waals surface area (Å²) >= 11 is 6.13. The van der Waals surface area contributed by atoms with Crippen LogP contribution in [0.5, 0.6) is 0 Å². The highest BCUT2D eigenvalue weighted by Gasteiger charge is 2.09. The molecule has 0 saturated heterocycles. The second-order valence-corrected chi connectivity index (χ2v) is 5.11. The highest BCUT2D eigenvalue weighted by atomic mass is 35.5. The fraction of sp³-hybridized carbons (Fsp3) is 0.400. The summed E-state index contributed by atoms with van der Waals surface area (Å²) in [5.74, 6) is 0.743. The normalized spacial score (nSPS) is 18.6. The number of benzene rings is 1. The number of allylic oxidation sites excluding steroid dienone is 2. The van der Waals surface area contributed by atoms with Gasteiger partial charge in [0.25, 0.3) is 0 Å². The van der Waals surface area contributed by atoms with Crippen LogP contribution in [0.3, 0.4) is 0 Å². The Morgan fingerprint density at radius 1 is 1.39 bits per heavy atom. The van der Waals surface area contributed by atoms with Crippen LogP contribution in [0.15, 0.2) is 30.4 Å². The van der Waals surface area contributed by atoms with E-state index in [9.17, 15) is 0 Å². The number of nitrogens with one attached hydrogen (secondary N) is 1. The fourth-order valence-corrected chi connectivity index (χ4v) is 2.46. The third-order valence-electron chi connectivity index (χ3n) is 3.31. The minimum Gasteiger partial charge on any atom is -0.312 e. The molecule has 0 bridgehead atoms. The highest BCUT2D eigenvalue weighted by Crippen LogP contribution is 2.19. The van der Waals surface area contributed by atoms with Gasteiger partial charge in [-0.2, -0.15) is 5.26 Å². The van der Waals surface area contributed by atoms with Crippen molar-refractivity contribution in [1.82, 2.24) is 5.32 Å². The Kier molecular flexibility index (Phi) is 4.81. The third kappa shape index (κ3) is 3.60. The van der Waals surface area contributed by atoms with Crippen molar-refractivity contribution in [3.8, 4) is 6.07 Å². The van der Waals surface area contributed by atoms with Crippen LogP contribution in [0.4, 0.5) is 0 Å². The Labute approximate surface area is 113 Å². The Balaban J connectivity index is 1.83. The molecule has 1 unspecified atom stereocenters. The van der Waals surface area contributed by atoms with E-state index in [-0.39, 0.29) is 0 Å². The van der Waals surface area contributed by atoms with Crippen molar-refractivity contribution in [1.29, 1.82) is 5.26 Å². The second kappa shape index (κ2) is 6.58. The third-order valence-corrected chi connectivity index (χ3v) is 3.66. The predicted molar refractivity (Wildman–Crippen MR) is 74.4 cm³/mol.